The Morgan fingerprint density at radius 3 is 2.62 bits per heavy atom. The summed E-state index contributed by atoms with van der Waals surface area (Å²) in [7, 11) is 1.15. The molecular formula is C10H9FO5. The number of carboxylic acid groups (broad SMARTS) is 1. The summed E-state index contributed by atoms with van der Waals surface area (Å²) in [5.74, 6) is -2.63. The Kier molecular flexibility index (Phi) is 3.57. The molecule has 5 nitrogen and oxygen atoms in total. The molecule has 1 aromatic carbocycles. The molecule has 86 valence electrons. The third-order valence-corrected chi connectivity index (χ3v) is 2.02. The second-order valence-corrected chi connectivity index (χ2v) is 2.94. The molecule has 6 heteroatoms. The zero-order valence-corrected chi connectivity index (χ0v) is 8.31. The molecule has 0 aromatic heterocycles. The fraction of sp³-hybridized carbons (Fsp3) is 0.200. The molecule has 0 aliphatic rings. The molecule has 16 heavy (non-hydrogen) atoms. The Balaban J connectivity index is 3.40. The molecule has 0 aliphatic carbocycles. The minimum atomic E-state index is -1.87. The van der Waals surface area contributed by atoms with Gasteiger partial charge in [-0.05, 0) is 12.1 Å². The standard InChI is InChI=1S/C10H9FO5/c1-16-9-5(8(13)10(14)15)2-3-7(11)6(9)4-12/h2-4,8,13H,1H3,(H,14,15). The summed E-state index contributed by atoms with van der Waals surface area (Å²) in [5, 5.41) is 17.9. The maximum absolute atomic E-state index is 13.1. The second-order valence-electron chi connectivity index (χ2n) is 2.94. The topological polar surface area (TPSA) is 83.8 Å². The second kappa shape index (κ2) is 4.71. The number of halogens is 1. The Bertz CT molecular complexity index is 429. The van der Waals surface area contributed by atoms with Gasteiger partial charge in [0.25, 0.3) is 0 Å². The van der Waals surface area contributed by atoms with Crippen molar-refractivity contribution in [3.63, 3.8) is 0 Å². The van der Waals surface area contributed by atoms with E-state index in [1.807, 2.05) is 0 Å². The molecule has 0 amide bonds. The van der Waals surface area contributed by atoms with Crippen LogP contribution < -0.4 is 4.74 Å². The van der Waals surface area contributed by atoms with Crippen LogP contribution in [0.1, 0.15) is 22.0 Å². The van der Waals surface area contributed by atoms with Gasteiger partial charge in [0.15, 0.2) is 12.4 Å². The van der Waals surface area contributed by atoms with Crippen LogP contribution in [0.3, 0.4) is 0 Å². The molecule has 0 fully saturated rings. The number of benzene rings is 1. The molecule has 0 heterocycles. The number of carbonyl (C=O) groups is 2. The van der Waals surface area contributed by atoms with Gasteiger partial charge in [-0.25, -0.2) is 9.18 Å². The quantitative estimate of drug-likeness (QED) is 0.743. The van der Waals surface area contributed by atoms with Gasteiger partial charge in [0.05, 0.1) is 12.7 Å². The zero-order chi connectivity index (χ0) is 12.3. The van der Waals surface area contributed by atoms with Crippen LogP contribution in [-0.2, 0) is 4.79 Å². The third kappa shape index (κ3) is 2.01. The van der Waals surface area contributed by atoms with E-state index in [-0.39, 0.29) is 17.6 Å². The Labute approximate surface area is 90.1 Å². The molecule has 1 unspecified atom stereocenters. The number of aldehydes is 1. The van der Waals surface area contributed by atoms with Crippen LogP contribution in [0.2, 0.25) is 0 Å². The van der Waals surface area contributed by atoms with Crippen molar-refractivity contribution in [3.05, 3.63) is 29.1 Å². The van der Waals surface area contributed by atoms with Crippen LogP contribution in [0, 0.1) is 5.82 Å². The molecule has 1 aromatic rings. The fourth-order valence-corrected chi connectivity index (χ4v) is 1.28. The van der Waals surface area contributed by atoms with E-state index in [4.69, 9.17) is 9.84 Å². The number of methoxy groups -OCH3 is 1. The van der Waals surface area contributed by atoms with Gasteiger partial charge in [0.2, 0.25) is 0 Å². The number of aliphatic carboxylic acids is 1. The zero-order valence-electron chi connectivity index (χ0n) is 8.31. The van der Waals surface area contributed by atoms with Gasteiger partial charge >= 0.3 is 5.97 Å². The highest BCUT2D eigenvalue weighted by atomic mass is 19.1. The predicted octanol–water partition coefficient (Wildman–Crippen LogP) is 0.765. The highest BCUT2D eigenvalue weighted by molar-refractivity contribution is 5.83. The largest absolute Gasteiger partial charge is 0.495 e. The highest BCUT2D eigenvalue weighted by Gasteiger charge is 2.23. The maximum Gasteiger partial charge on any atom is 0.337 e. The van der Waals surface area contributed by atoms with Crippen molar-refractivity contribution in [1.82, 2.24) is 0 Å². The third-order valence-electron chi connectivity index (χ3n) is 2.02. The molecule has 1 atom stereocenters. The number of carbonyl (C=O) groups excluding carboxylic acids is 1. The predicted molar refractivity (Wildman–Crippen MR) is 50.9 cm³/mol. The van der Waals surface area contributed by atoms with E-state index in [0.717, 1.165) is 19.2 Å². The van der Waals surface area contributed by atoms with Crippen molar-refractivity contribution in [1.29, 1.82) is 0 Å². The molecular weight excluding hydrogens is 219 g/mol. The summed E-state index contributed by atoms with van der Waals surface area (Å²) in [5.41, 5.74) is -0.584. The lowest BCUT2D eigenvalue weighted by Crippen LogP contribution is -2.13. The van der Waals surface area contributed by atoms with Crippen molar-refractivity contribution in [2.45, 2.75) is 6.10 Å². The van der Waals surface area contributed by atoms with Gasteiger partial charge in [-0.3, -0.25) is 4.79 Å². The van der Waals surface area contributed by atoms with Gasteiger partial charge in [0.1, 0.15) is 11.6 Å². The summed E-state index contributed by atoms with van der Waals surface area (Å²) in [6.45, 7) is 0. The van der Waals surface area contributed by atoms with Crippen molar-refractivity contribution in [3.8, 4) is 5.75 Å². The summed E-state index contributed by atoms with van der Waals surface area (Å²) < 4.78 is 17.9. The van der Waals surface area contributed by atoms with Crippen LogP contribution >= 0.6 is 0 Å². The van der Waals surface area contributed by atoms with E-state index in [9.17, 15) is 19.1 Å². The Morgan fingerprint density at radius 1 is 1.56 bits per heavy atom. The average Bonchev–Trinajstić information content (AvgIpc) is 2.27. The number of ether oxygens (including phenoxy) is 1. The van der Waals surface area contributed by atoms with Gasteiger partial charge < -0.3 is 14.9 Å². The molecule has 2 N–H and O–H groups in total. The first-order chi connectivity index (χ1) is 7.52. The molecule has 0 spiro atoms. The molecule has 0 aliphatic heterocycles. The lowest BCUT2D eigenvalue weighted by molar-refractivity contribution is -0.147. The SMILES string of the molecule is COc1c(C(O)C(=O)O)ccc(F)c1C=O. The van der Waals surface area contributed by atoms with Crippen LogP contribution in [-0.4, -0.2) is 29.6 Å². The molecule has 0 radical (unpaired) electrons. The number of aliphatic hydroxyl groups is 1. The number of hydrogen-bond donors (Lipinski definition) is 2. The van der Waals surface area contributed by atoms with Crippen molar-refractivity contribution < 1.29 is 28.9 Å². The van der Waals surface area contributed by atoms with E-state index in [0.29, 0.717) is 0 Å². The minimum Gasteiger partial charge on any atom is -0.495 e. The minimum absolute atomic E-state index is 0.168. The van der Waals surface area contributed by atoms with Gasteiger partial charge in [-0.15, -0.1) is 0 Å². The van der Waals surface area contributed by atoms with Gasteiger partial charge in [-0.1, -0.05) is 0 Å². The lowest BCUT2D eigenvalue weighted by atomic mass is 10.0. The number of rotatable bonds is 4. The molecule has 0 saturated heterocycles. The van der Waals surface area contributed by atoms with Gasteiger partial charge in [0, 0.05) is 5.56 Å². The summed E-state index contributed by atoms with van der Waals surface area (Å²) in [6, 6.07) is 1.95. The number of hydrogen-bond acceptors (Lipinski definition) is 4. The average molecular weight is 228 g/mol. The van der Waals surface area contributed by atoms with E-state index >= 15 is 0 Å². The number of carboxylic acids is 1. The first kappa shape index (κ1) is 12.1. The maximum atomic E-state index is 13.1. The summed E-state index contributed by atoms with van der Waals surface area (Å²) in [4.78, 5) is 21.2. The molecule has 0 bridgehead atoms. The monoisotopic (exact) mass is 228 g/mol. The van der Waals surface area contributed by atoms with E-state index in [1.165, 1.54) is 0 Å². The fourth-order valence-electron chi connectivity index (χ4n) is 1.28. The van der Waals surface area contributed by atoms with Crippen LogP contribution in [0.4, 0.5) is 4.39 Å². The smallest absolute Gasteiger partial charge is 0.337 e. The number of aliphatic hydroxyl groups excluding tert-OH is 1. The van der Waals surface area contributed by atoms with Crippen molar-refractivity contribution >= 4 is 12.3 Å². The lowest BCUT2D eigenvalue weighted by Gasteiger charge is -2.13. The van der Waals surface area contributed by atoms with Crippen LogP contribution in [0.25, 0.3) is 0 Å². The normalized spacial score (nSPS) is 11.9. The van der Waals surface area contributed by atoms with Crippen molar-refractivity contribution in [2.24, 2.45) is 0 Å². The molecule has 1 rings (SSSR count). The summed E-state index contributed by atoms with van der Waals surface area (Å²) in [6.07, 6.45) is -1.67. The first-order valence-electron chi connectivity index (χ1n) is 4.25. The summed E-state index contributed by atoms with van der Waals surface area (Å²) >= 11 is 0. The van der Waals surface area contributed by atoms with E-state index < -0.39 is 23.5 Å². The van der Waals surface area contributed by atoms with Crippen molar-refractivity contribution in [2.75, 3.05) is 7.11 Å². The Morgan fingerprint density at radius 2 is 2.19 bits per heavy atom. The molecule has 0 saturated carbocycles. The highest BCUT2D eigenvalue weighted by Crippen LogP contribution is 2.30. The van der Waals surface area contributed by atoms with Crippen LogP contribution in [0.15, 0.2) is 12.1 Å². The van der Waals surface area contributed by atoms with Crippen LogP contribution in [0.5, 0.6) is 5.75 Å². The van der Waals surface area contributed by atoms with E-state index in [1.54, 1.807) is 0 Å². The Hall–Kier alpha value is -1.95. The van der Waals surface area contributed by atoms with Gasteiger partial charge in [-0.2, -0.15) is 0 Å². The first-order valence-corrected chi connectivity index (χ1v) is 4.25. The van der Waals surface area contributed by atoms with E-state index in [2.05, 4.69) is 0 Å².